The van der Waals surface area contributed by atoms with E-state index in [0.717, 1.165) is 5.56 Å². The third kappa shape index (κ3) is 5.65. The lowest BCUT2D eigenvalue weighted by molar-refractivity contribution is 0.0519. The number of halogens is 1. The van der Waals surface area contributed by atoms with E-state index in [9.17, 15) is 14.0 Å². The molecule has 0 aliphatic rings. The van der Waals surface area contributed by atoms with Gasteiger partial charge in [-0.05, 0) is 55.3 Å². The van der Waals surface area contributed by atoms with Crippen molar-refractivity contribution in [3.05, 3.63) is 77.9 Å². The highest BCUT2D eigenvalue weighted by atomic mass is 19.1. The molecule has 3 aromatic rings. The number of nitrogens with one attached hydrogen (secondary N) is 2. The molecule has 8 heteroatoms. The molecule has 29 heavy (non-hydrogen) atoms. The van der Waals surface area contributed by atoms with Crippen molar-refractivity contribution in [3.8, 4) is 5.69 Å². The first kappa shape index (κ1) is 20.1. The van der Waals surface area contributed by atoms with Gasteiger partial charge in [0.1, 0.15) is 5.82 Å². The lowest BCUT2D eigenvalue weighted by Crippen LogP contribution is -2.30. The molecule has 0 unspecified atom stereocenters. The van der Waals surface area contributed by atoms with Crippen LogP contribution in [0.25, 0.3) is 5.69 Å². The molecule has 0 saturated carbocycles. The summed E-state index contributed by atoms with van der Waals surface area (Å²) in [6, 6.07) is 14.5. The van der Waals surface area contributed by atoms with Gasteiger partial charge in [0, 0.05) is 18.4 Å². The Morgan fingerprint density at radius 1 is 1.14 bits per heavy atom. The van der Waals surface area contributed by atoms with Crippen molar-refractivity contribution in [2.75, 3.05) is 18.5 Å². The van der Waals surface area contributed by atoms with E-state index in [1.165, 1.54) is 16.8 Å². The summed E-state index contributed by atoms with van der Waals surface area (Å²) < 4.78 is 19.6. The molecule has 1 aromatic heterocycles. The highest BCUT2D eigenvalue weighted by Crippen LogP contribution is 2.15. The fourth-order valence-electron chi connectivity index (χ4n) is 2.70. The summed E-state index contributed by atoms with van der Waals surface area (Å²) in [6.07, 6.45) is 2.17. The summed E-state index contributed by atoms with van der Waals surface area (Å²) in [6.45, 7) is 2.38. The summed E-state index contributed by atoms with van der Waals surface area (Å²) >= 11 is 0. The number of esters is 1. The third-order valence-electron chi connectivity index (χ3n) is 4.03. The standard InChI is InChI=1S/C21H21FN4O3/c1-2-29-20(27)19-10-12-26(25-19)18-8-4-7-17(14-18)24-21(28)23-11-9-15-5-3-6-16(22)13-15/h3-8,10,12-14H,2,9,11H2,1H3,(H2,23,24,28). The Morgan fingerprint density at radius 3 is 2.76 bits per heavy atom. The lowest BCUT2D eigenvalue weighted by Gasteiger charge is -2.09. The second-order valence-corrected chi connectivity index (χ2v) is 6.18. The molecule has 2 N–H and O–H groups in total. The Labute approximate surface area is 167 Å². The summed E-state index contributed by atoms with van der Waals surface area (Å²) in [5.41, 5.74) is 2.26. The molecule has 2 amide bonds. The zero-order valence-electron chi connectivity index (χ0n) is 15.9. The number of carbonyl (C=O) groups excluding carboxylic acids is 2. The van der Waals surface area contributed by atoms with E-state index < -0.39 is 5.97 Å². The van der Waals surface area contributed by atoms with Crippen LogP contribution < -0.4 is 10.6 Å². The van der Waals surface area contributed by atoms with Crippen molar-refractivity contribution >= 4 is 17.7 Å². The Morgan fingerprint density at radius 2 is 1.97 bits per heavy atom. The van der Waals surface area contributed by atoms with Gasteiger partial charge >= 0.3 is 12.0 Å². The first-order valence-corrected chi connectivity index (χ1v) is 9.17. The van der Waals surface area contributed by atoms with E-state index in [1.807, 2.05) is 0 Å². The summed E-state index contributed by atoms with van der Waals surface area (Å²) in [4.78, 5) is 23.8. The zero-order valence-corrected chi connectivity index (χ0v) is 15.9. The molecule has 0 spiro atoms. The molecule has 150 valence electrons. The average Bonchev–Trinajstić information content (AvgIpc) is 3.19. The molecule has 0 fully saturated rings. The first-order chi connectivity index (χ1) is 14.0. The molecule has 2 aromatic carbocycles. The number of rotatable bonds is 7. The monoisotopic (exact) mass is 396 g/mol. The molecule has 7 nitrogen and oxygen atoms in total. The maximum absolute atomic E-state index is 13.2. The van der Waals surface area contributed by atoms with Crippen LogP contribution in [0.5, 0.6) is 0 Å². The van der Waals surface area contributed by atoms with Crippen molar-refractivity contribution in [1.82, 2.24) is 15.1 Å². The number of anilines is 1. The van der Waals surface area contributed by atoms with Gasteiger partial charge in [0.25, 0.3) is 0 Å². The Balaban J connectivity index is 1.56. The molecule has 1 heterocycles. The fourth-order valence-corrected chi connectivity index (χ4v) is 2.70. The van der Waals surface area contributed by atoms with Crippen LogP contribution in [0.3, 0.4) is 0 Å². The lowest BCUT2D eigenvalue weighted by atomic mass is 10.1. The molecule has 0 atom stereocenters. The minimum Gasteiger partial charge on any atom is -0.461 e. The number of nitrogens with zero attached hydrogens (tertiary/aromatic N) is 2. The molecule has 0 saturated heterocycles. The average molecular weight is 396 g/mol. The quantitative estimate of drug-likeness (QED) is 0.598. The number of amides is 2. The van der Waals surface area contributed by atoms with Gasteiger partial charge in [0.15, 0.2) is 5.69 Å². The maximum atomic E-state index is 13.2. The van der Waals surface area contributed by atoms with Crippen molar-refractivity contribution < 1.29 is 18.7 Å². The summed E-state index contributed by atoms with van der Waals surface area (Å²) in [7, 11) is 0. The highest BCUT2D eigenvalue weighted by Gasteiger charge is 2.11. The normalized spacial score (nSPS) is 10.4. The van der Waals surface area contributed by atoms with Crippen molar-refractivity contribution in [1.29, 1.82) is 0 Å². The van der Waals surface area contributed by atoms with E-state index in [4.69, 9.17) is 4.74 Å². The predicted octanol–water partition coefficient (Wildman–Crippen LogP) is 3.55. The van der Waals surface area contributed by atoms with Crippen LogP contribution in [0.4, 0.5) is 14.9 Å². The molecular weight excluding hydrogens is 375 g/mol. The SMILES string of the molecule is CCOC(=O)c1ccn(-c2cccc(NC(=O)NCCc3cccc(F)c3)c2)n1. The number of ether oxygens (including phenoxy) is 1. The Kier molecular flexibility index (Phi) is 6.57. The van der Waals surface area contributed by atoms with Gasteiger partial charge in [-0.3, -0.25) is 0 Å². The third-order valence-corrected chi connectivity index (χ3v) is 4.03. The minimum atomic E-state index is -0.488. The van der Waals surface area contributed by atoms with Gasteiger partial charge in [-0.2, -0.15) is 5.10 Å². The molecule has 3 rings (SSSR count). The largest absolute Gasteiger partial charge is 0.461 e. The smallest absolute Gasteiger partial charge is 0.358 e. The van der Waals surface area contributed by atoms with Crippen LogP contribution in [0.2, 0.25) is 0 Å². The Hall–Kier alpha value is -3.68. The van der Waals surface area contributed by atoms with Crippen LogP contribution >= 0.6 is 0 Å². The van der Waals surface area contributed by atoms with Crippen molar-refractivity contribution in [2.45, 2.75) is 13.3 Å². The van der Waals surface area contributed by atoms with Gasteiger partial charge in [0.05, 0.1) is 12.3 Å². The van der Waals surface area contributed by atoms with E-state index in [-0.39, 0.29) is 24.1 Å². The molecule has 0 aliphatic carbocycles. The number of carbonyl (C=O) groups is 2. The number of aromatic nitrogens is 2. The van der Waals surface area contributed by atoms with Crippen LogP contribution in [-0.4, -0.2) is 34.9 Å². The minimum absolute atomic E-state index is 0.209. The van der Waals surface area contributed by atoms with E-state index in [2.05, 4.69) is 15.7 Å². The van der Waals surface area contributed by atoms with Gasteiger partial charge in [-0.15, -0.1) is 0 Å². The highest BCUT2D eigenvalue weighted by molar-refractivity contribution is 5.89. The van der Waals surface area contributed by atoms with Crippen molar-refractivity contribution in [2.24, 2.45) is 0 Å². The first-order valence-electron chi connectivity index (χ1n) is 9.17. The van der Waals surface area contributed by atoms with Crippen LogP contribution in [0, 0.1) is 5.82 Å². The second-order valence-electron chi connectivity index (χ2n) is 6.18. The molecule has 0 radical (unpaired) electrons. The van der Waals surface area contributed by atoms with E-state index in [0.29, 0.717) is 24.3 Å². The van der Waals surface area contributed by atoms with Gasteiger partial charge in [-0.1, -0.05) is 18.2 Å². The van der Waals surface area contributed by atoms with E-state index in [1.54, 1.807) is 55.6 Å². The van der Waals surface area contributed by atoms with Crippen LogP contribution in [0.1, 0.15) is 23.0 Å². The number of benzene rings is 2. The van der Waals surface area contributed by atoms with Gasteiger partial charge in [-0.25, -0.2) is 18.7 Å². The predicted molar refractivity (Wildman–Crippen MR) is 107 cm³/mol. The number of hydrogen-bond donors (Lipinski definition) is 2. The van der Waals surface area contributed by atoms with Gasteiger partial charge in [0.2, 0.25) is 0 Å². The summed E-state index contributed by atoms with van der Waals surface area (Å²) in [5.74, 6) is -0.785. The molecular formula is C21H21FN4O3. The fraction of sp³-hybridized carbons (Fsp3) is 0.190. The molecule has 0 aliphatic heterocycles. The summed E-state index contributed by atoms with van der Waals surface area (Å²) in [5, 5.41) is 9.67. The maximum Gasteiger partial charge on any atom is 0.358 e. The van der Waals surface area contributed by atoms with Crippen LogP contribution in [-0.2, 0) is 11.2 Å². The molecule has 0 bridgehead atoms. The van der Waals surface area contributed by atoms with Crippen molar-refractivity contribution in [3.63, 3.8) is 0 Å². The van der Waals surface area contributed by atoms with E-state index >= 15 is 0 Å². The number of urea groups is 1. The number of hydrogen-bond acceptors (Lipinski definition) is 4. The topological polar surface area (TPSA) is 85.2 Å². The zero-order chi connectivity index (χ0) is 20.6. The van der Waals surface area contributed by atoms with Crippen LogP contribution in [0.15, 0.2) is 60.8 Å². The second kappa shape index (κ2) is 9.50. The van der Waals surface area contributed by atoms with Gasteiger partial charge < -0.3 is 15.4 Å². The Bertz CT molecular complexity index is 1000.